The zero-order valence-corrected chi connectivity index (χ0v) is 11.7. The van der Waals surface area contributed by atoms with Crippen molar-refractivity contribution in [2.75, 3.05) is 26.2 Å². The van der Waals surface area contributed by atoms with E-state index in [1.165, 1.54) is 19.3 Å². The second-order valence-electron chi connectivity index (χ2n) is 6.32. The molecule has 0 spiro atoms. The van der Waals surface area contributed by atoms with Crippen molar-refractivity contribution in [3.05, 3.63) is 0 Å². The van der Waals surface area contributed by atoms with Gasteiger partial charge in [0.2, 0.25) is 0 Å². The van der Waals surface area contributed by atoms with Gasteiger partial charge in [0.1, 0.15) is 0 Å². The second kappa shape index (κ2) is 4.87. The van der Waals surface area contributed by atoms with E-state index in [4.69, 9.17) is 10.5 Å². The molecule has 100 valence electrons. The highest BCUT2D eigenvalue weighted by atomic mass is 16.5. The van der Waals surface area contributed by atoms with Gasteiger partial charge in [0.25, 0.3) is 0 Å². The maximum atomic E-state index is 6.18. The van der Waals surface area contributed by atoms with Crippen LogP contribution in [-0.2, 0) is 4.74 Å². The van der Waals surface area contributed by atoms with Gasteiger partial charge in [0.05, 0.1) is 12.7 Å². The Morgan fingerprint density at radius 1 is 1.35 bits per heavy atom. The Balaban J connectivity index is 2.17. The molecule has 2 unspecified atom stereocenters. The summed E-state index contributed by atoms with van der Waals surface area (Å²) in [6.07, 6.45) is 5.39. The maximum Gasteiger partial charge on any atom is 0.0700 e. The van der Waals surface area contributed by atoms with Crippen molar-refractivity contribution in [1.82, 2.24) is 4.90 Å². The van der Waals surface area contributed by atoms with Crippen molar-refractivity contribution < 1.29 is 4.74 Å². The molecule has 1 saturated heterocycles. The Labute approximate surface area is 106 Å². The minimum atomic E-state index is 0.212. The first-order valence-corrected chi connectivity index (χ1v) is 7.12. The second-order valence-corrected chi connectivity index (χ2v) is 6.32. The van der Waals surface area contributed by atoms with Crippen LogP contribution >= 0.6 is 0 Å². The summed E-state index contributed by atoms with van der Waals surface area (Å²) in [4.78, 5) is 2.64. The van der Waals surface area contributed by atoms with E-state index in [9.17, 15) is 0 Å². The average Bonchev–Trinajstić information content (AvgIpc) is 2.65. The summed E-state index contributed by atoms with van der Waals surface area (Å²) < 4.78 is 5.79. The van der Waals surface area contributed by atoms with Gasteiger partial charge >= 0.3 is 0 Å². The molecule has 2 fully saturated rings. The van der Waals surface area contributed by atoms with Crippen LogP contribution in [-0.4, -0.2) is 42.8 Å². The quantitative estimate of drug-likeness (QED) is 0.820. The molecular formula is C14H28N2O. The van der Waals surface area contributed by atoms with E-state index in [1.807, 2.05) is 0 Å². The van der Waals surface area contributed by atoms with E-state index >= 15 is 0 Å². The first kappa shape index (κ1) is 13.3. The van der Waals surface area contributed by atoms with Crippen LogP contribution in [0.25, 0.3) is 0 Å². The van der Waals surface area contributed by atoms with Gasteiger partial charge in [-0.3, -0.25) is 4.90 Å². The van der Waals surface area contributed by atoms with Gasteiger partial charge in [-0.1, -0.05) is 27.2 Å². The summed E-state index contributed by atoms with van der Waals surface area (Å²) in [7, 11) is 0. The third-order valence-corrected chi connectivity index (χ3v) is 5.19. The minimum Gasteiger partial charge on any atom is -0.376 e. The first-order chi connectivity index (χ1) is 8.05. The van der Waals surface area contributed by atoms with Gasteiger partial charge in [0, 0.05) is 25.2 Å². The summed E-state index contributed by atoms with van der Waals surface area (Å²) in [6.45, 7) is 10.8. The lowest BCUT2D eigenvalue weighted by Gasteiger charge is -2.52. The largest absolute Gasteiger partial charge is 0.376 e. The number of ether oxygens (including phenoxy) is 1. The maximum absolute atomic E-state index is 6.18. The number of morpholine rings is 1. The number of nitrogens with two attached hydrogens (primary N) is 1. The Hall–Kier alpha value is -0.120. The van der Waals surface area contributed by atoms with Crippen molar-refractivity contribution in [1.29, 1.82) is 0 Å². The minimum absolute atomic E-state index is 0.212. The van der Waals surface area contributed by atoms with Crippen LogP contribution in [0.5, 0.6) is 0 Å². The lowest BCUT2D eigenvalue weighted by atomic mass is 9.73. The molecule has 1 heterocycles. The van der Waals surface area contributed by atoms with Crippen LogP contribution in [0, 0.1) is 5.41 Å². The molecule has 3 nitrogen and oxygen atoms in total. The Kier molecular flexibility index (Phi) is 3.81. The van der Waals surface area contributed by atoms with E-state index in [-0.39, 0.29) is 5.54 Å². The van der Waals surface area contributed by atoms with E-state index < -0.39 is 0 Å². The average molecular weight is 240 g/mol. The van der Waals surface area contributed by atoms with Gasteiger partial charge in [-0.2, -0.15) is 0 Å². The highest BCUT2D eigenvalue weighted by Gasteiger charge is 2.52. The zero-order valence-electron chi connectivity index (χ0n) is 11.7. The Morgan fingerprint density at radius 2 is 2.12 bits per heavy atom. The molecule has 2 rings (SSSR count). The first-order valence-electron chi connectivity index (χ1n) is 7.12. The molecule has 2 aliphatic rings. The van der Waals surface area contributed by atoms with Crippen LogP contribution in [0.3, 0.4) is 0 Å². The van der Waals surface area contributed by atoms with E-state index in [0.29, 0.717) is 11.5 Å². The molecule has 0 aromatic heterocycles. The summed E-state index contributed by atoms with van der Waals surface area (Å²) in [5, 5.41) is 0. The Morgan fingerprint density at radius 3 is 2.65 bits per heavy atom. The van der Waals surface area contributed by atoms with Crippen molar-refractivity contribution in [3.8, 4) is 0 Å². The highest BCUT2D eigenvalue weighted by Crippen LogP contribution is 2.49. The lowest BCUT2D eigenvalue weighted by Crippen LogP contribution is -2.63. The molecule has 2 N–H and O–H groups in total. The van der Waals surface area contributed by atoms with E-state index in [0.717, 1.165) is 32.7 Å². The third-order valence-electron chi connectivity index (χ3n) is 5.19. The van der Waals surface area contributed by atoms with Crippen LogP contribution in [0.2, 0.25) is 0 Å². The summed E-state index contributed by atoms with van der Waals surface area (Å²) in [5.41, 5.74) is 6.74. The Bertz CT molecular complexity index is 267. The number of hydrogen-bond donors (Lipinski definition) is 1. The number of nitrogens with zero attached hydrogens (tertiary/aromatic N) is 1. The van der Waals surface area contributed by atoms with Crippen molar-refractivity contribution in [3.63, 3.8) is 0 Å². The van der Waals surface area contributed by atoms with E-state index in [2.05, 4.69) is 25.7 Å². The van der Waals surface area contributed by atoms with Gasteiger partial charge in [-0.05, 0) is 24.7 Å². The molecule has 0 aromatic rings. The number of hydrogen-bond acceptors (Lipinski definition) is 3. The third kappa shape index (κ3) is 2.13. The van der Waals surface area contributed by atoms with Gasteiger partial charge < -0.3 is 10.5 Å². The SMILES string of the molecule is CCC1CN(C2(CN)CCCC2(C)C)CCO1. The molecule has 0 radical (unpaired) electrons. The summed E-state index contributed by atoms with van der Waals surface area (Å²) in [6, 6.07) is 0. The molecule has 3 heteroatoms. The molecule has 0 aromatic carbocycles. The van der Waals surface area contributed by atoms with Crippen LogP contribution in [0.15, 0.2) is 0 Å². The van der Waals surface area contributed by atoms with Crippen molar-refractivity contribution in [2.24, 2.45) is 11.1 Å². The van der Waals surface area contributed by atoms with Crippen LogP contribution < -0.4 is 5.73 Å². The fraction of sp³-hybridized carbons (Fsp3) is 1.00. The molecule has 0 bridgehead atoms. The van der Waals surface area contributed by atoms with Crippen LogP contribution in [0.1, 0.15) is 46.5 Å². The molecule has 1 aliphatic heterocycles. The summed E-state index contributed by atoms with van der Waals surface area (Å²) in [5.74, 6) is 0. The molecule has 17 heavy (non-hydrogen) atoms. The van der Waals surface area contributed by atoms with Gasteiger partial charge in [0.15, 0.2) is 0 Å². The van der Waals surface area contributed by atoms with Crippen molar-refractivity contribution >= 4 is 0 Å². The van der Waals surface area contributed by atoms with Crippen molar-refractivity contribution in [2.45, 2.75) is 58.1 Å². The number of rotatable bonds is 3. The summed E-state index contributed by atoms with van der Waals surface area (Å²) >= 11 is 0. The highest BCUT2D eigenvalue weighted by molar-refractivity contribution is 5.07. The fourth-order valence-electron chi connectivity index (χ4n) is 3.84. The smallest absolute Gasteiger partial charge is 0.0700 e. The normalized spacial score (nSPS) is 38.5. The topological polar surface area (TPSA) is 38.5 Å². The molecule has 2 atom stereocenters. The molecule has 1 aliphatic carbocycles. The molecular weight excluding hydrogens is 212 g/mol. The zero-order chi connectivity index (χ0) is 12.5. The fourth-order valence-corrected chi connectivity index (χ4v) is 3.84. The van der Waals surface area contributed by atoms with Crippen LogP contribution in [0.4, 0.5) is 0 Å². The predicted molar refractivity (Wildman–Crippen MR) is 71.0 cm³/mol. The predicted octanol–water partition coefficient (Wildman–Crippen LogP) is 2.00. The molecule has 0 amide bonds. The molecule has 1 saturated carbocycles. The standard InChI is InChI=1S/C14H28N2O/c1-4-12-10-16(8-9-17-12)14(11-15)7-5-6-13(14,2)3/h12H,4-11,15H2,1-3H3. The lowest BCUT2D eigenvalue weighted by molar-refractivity contribution is -0.0932. The van der Waals surface area contributed by atoms with E-state index in [1.54, 1.807) is 0 Å². The monoisotopic (exact) mass is 240 g/mol. The van der Waals surface area contributed by atoms with Gasteiger partial charge in [-0.25, -0.2) is 0 Å². The van der Waals surface area contributed by atoms with Gasteiger partial charge in [-0.15, -0.1) is 0 Å².